The summed E-state index contributed by atoms with van der Waals surface area (Å²) in [7, 11) is 0. The van der Waals surface area contributed by atoms with Crippen molar-refractivity contribution in [3.8, 4) is 5.75 Å². The maximum atomic E-state index is 12.4. The van der Waals surface area contributed by atoms with E-state index < -0.39 is 5.54 Å². The van der Waals surface area contributed by atoms with E-state index in [1.165, 1.54) is 6.20 Å². The van der Waals surface area contributed by atoms with Gasteiger partial charge in [0.1, 0.15) is 11.4 Å². The topological polar surface area (TPSA) is 101 Å². The molecule has 1 aromatic heterocycles. The summed E-state index contributed by atoms with van der Waals surface area (Å²) in [5.74, 6) is -0.0925. The second-order valence-corrected chi connectivity index (χ2v) is 8.22. The number of aliphatic hydroxyl groups is 1. The summed E-state index contributed by atoms with van der Waals surface area (Å²) in [6, 6.07) is 7.89. The summed E-state index contributed by atoms with van der Waals surface area (Å²) in [6.45, 7) is -0.275. The molecule has 1 fully saturated rings. The van der Waals surface area contributed by atoms with Crippen molar-refractivity contribution >= 4 is 35.0 Å². The quantitative estimate of drug-likeness (QED) is 0.566. The minimum absolute atomic E-state index is 0.124. The van der Waals surface area contributed by atoms with Gasteiger partial charge in [0.2, 0.25) is 0 Å². The smallest absolute Gasteiger partial charge is 0.270 e. The molecule has 30 heavy (non-hydrogen) atoms. The van der Waals surface area contributed by atoms with Crippen molar-refractivity contribution in [3.63, 3.8) is 0 Å². The highest BCUT2D eigenvalue weighted by Crippen LogP contribution is 2.45. The zero-order valence-electron chi connectivity index (χ0n) is 15.8. The van der Waals surface area contributed by atoms with Crippen LogP contribution in [0.25, 0.3) is 0 Å². The number of ether oxygens (including phenoxy) is 1. The Morgan fingerprint density at radius 1 is 1.23 bits per heavy atom. The number of pyridine rings is 1. The summed E-state index contributed by atoms with van der Waals surface area (Å²) in [6.07, 6.45) is 4.73. The highest BCUT2D eigenvalue weighted by Gasteiger charge is 2.50. The Hall–Kier alpha value is -2.61. The average molecular weight is 448 g/mol. The lowest BCUT2D eigenvalue weighted by Crippen LogP contribution is -2.49. The molecule has 9 heteroatoms. The van der Waals surface area contributed by atoms with Gasteiger partial charge >= 0.3 is 0 Å². The number of aromatic nitrogens is 1. The fraction of sp³-hybridized carbons (Fsp3) is 0.286. The first-order chi connectivity index (χ1) is 14.4. The molecule has 7 nitrogen and oxygen atoms in total. The van der Waals surface area contributed by atoms with Crippen LogP contribution in [-0.4, -0.2) is 40.1 Å². The molecule has 2 aromatic rings. The van der Waals surface area contributed by atoms with Crippen LogP contribution in [0.2, 0.25) is 10.0 Å². The summed E-state index contributed by atoms with van der Waals surface area (Å²) in [4.78, 5) is 28.8. The number of nitrogens with zero attached hydrogens (tertiary/aromatic N) is 1. The number of benzene rings is 1. The lowest BCUT2D eigenvalue weighted by Gasteiger charge is -2.31. The molecule has 1 saturated carbocycles. The van der Waals surface area contributed by atoms with Gasteiger partial charge in [-0.15, -0.1) is 0 Å². The van der Waals surface area contributed by atoms with Crippen LogP contribution in [0, 0.1) is 0 Å². The van der Waals surface area contributed by atoms with Gasteiger partial charge in [-0.3, -0.25) is 14.6 Å². The van der Waals surface area contributed by atoms with Gasteiger partial charge in [-0.1, -0.05) is 35.3 Å². The van der Waals surface area contributed by atoms with Gasteiger partial charge in [0, 0.05) is 12.3 Å². The highest BCUT2D eigenvalue weighted by atomic mass is 35.5. The molecule has 1 heterocycles. The van der Waals surface area contributed by atoms with E-state index >= 15 is 0 Å². The Bertz CT molecular complexity index is 1030. The molecule has 1 aromatic carbocycles. The Morgan fingerprint density at radius 3 is 2.70 bits per heavy atom. The van der Waals surface area contributed by atoms with E-state index in [2.05, 4.69) is 15.6 Å². The van der Waals surface area contributed by atoms with Crippen LogP contribution in [0.3, 0.4) is 0 Å². The Labute approximate surface area is 183 Å². The van der Waals surface area contributed by atoms with E-state index in [1.54, 1.807) is 30.3 Å². The lowest BCUT2D eigenvalue weighted by atomic mass is 9.87. The minimum Gasteiger partial charge on any atom is -0.484 e. The van der Waals surface area contributed by atoms with Gasteiger partial charge in [0.15, 0.2) is 6.61 Å². The summed E-state index contributed by atoms with van der Waals surface area (Å²) >= 11 is 11.8. The van der Waals surface area contributed by atoms with Crippen LogP contribution in [0.1, 0.15) is 28.9 Å². The Balaban J connectivity index is 1.28. The fourth-order valence-corrected chi connectivity index (χ4v) is 4.02. The monoisotopic (exact) mass is 447 g/mol. The number of carbonyl (C=O) groups excluding carboxylic acids is 2. The molecule has 5 rings (SSSR count). The van der Waals surface area contributed by atoms with E-state index in [1.807, 2.05) is 6.08 Å². The van der Waals surface area contributed by atoms with Gasteiger partial charge < -0.3 is 20.5 Å². The van der Waals surface area contributed by atoms with Crippen molar-refractivity contribution in [1.29, 1.82) is 0 Å². The van der Waals surface area contributed by atoms with Crippen LogP contribution >= 0.6 is 23.2 Å². The fourth-order valence-electron chi connectivity index (χ4n) is 3.73. The maximum absolute atomic E-state index is 12.4. The number of hydrogen-bond donors (Lipinski definition) is 3. The normalized spacial score (nSPS) is 21.4. The largest absolute Gasteiger partial charge is 0.484 e. The third-order valence-electron chi connectivity index (χ3n) is 5.19. The molecule has 2 amide bonds. The van der Waals surface area contributed by atoms with Crippen molar-refractivity contribution in [2.75, 3.05) is 6.61 Å². The minimum atomic E-state index is -0.459. The first kappa shape index (κ1) is 20.7. The van der Waals surface area contributed by atoms with E-state index in [-0.39, 0.29) is 36.8 Å². The summed E-state index contributed by atoms with van der Waals surface area (Å²) in [5.41, 5.74) is 1.55. The number of fused-ring (bicyclic) bond motifs is 1. The molecular weight excluding hydrogens is 429 g/mol. The lowest BCUT2D eigenvalue weighted by molar-refractivity contribution is -0.124. The van der Waals surface area contributed by atoms with Crippen molar-refractivity contribution in [1.82, 2.24) is 15.6 Å². The molecule has 2 atom stereocenters. The number of nitrogens with one attached hydrogen (secondary N) is 2. The number of carbonyl (C=O) groups is 2. The van der Waals surface area contributed by atoms with Crippen molar-refractivity contribution in [2.24, 2.45) is 0 Å². The first-order valence-electron chi connectivity index (χ1n) is 9.35. The van der Waals surface area contributed by atoms with Gasteiger partial charge in [-0.25, -0.2) is 0 Å². The number of amides is 2. The molecular formula is C21H19Cl2N3O4. The molecule has 1 unspecified atom stereocenters. The zero-order valence-corrected chi connectivity index (χ0v) is 17.3. The molecule has 0 saturated heterocycles. The zero-order chi connectivity index (χ0) is 21.3. The molecule has 3 N–H and O–H groups in total. The second kappa shape index (κ2) is 8.26. The predicted octanol–water partition coefficient (Wildman–Crippen LogP) is 2.65. The molecule has 3 aliphatic rings. The van der Waals surface area contributed by atoms with E-state index in [4.69, 9.17) is 33.0 Å². The van der Waals surface area contributed by atoms with Crippen molar-refractivity contribution in [3.05, 3.63) is 69.5 Å². The van der Waals surface area contributed by atoms with Gasteiger partial charge in [0.05, 0.1) is 28.2 Å². The van der Waals surface area contributed by atoms with Crippen LogP contribution < -0.4 is 15.4 Å². The maximum Gasteiger partial charge on any atom is 0.270 e. The molecule has 156 valence electrons. The summed E-state index contributed by atoms with van der Waals surface area (Å²) in [5, 5.41) is 15.8. The molecule has 0 aliphatic heterocycles. The standard InChI is InChI=1S/C21H19Cl2N3O4/c22-15-3-2-14(5-16(15)23)30-11-19(28)26-21-6-13(7-21)18(8-21)25-20(29)17-4-1-12(10-27)9-24-17/h1-6,9,18,27H,7-8,10-11H2,(H,25,29)(H,26,28)/t18-,21?/m1/s1. The highest BCUT2D eigenvalue weighted by molar-refractivity contribution is 6.42. The second-order valence-electron chi connectivity index (χ2n) is 7.40. The molecule has 3 aliphatic carbocycles. The number of rotatable bonds is 7. The third-order valence-corrected chi connectivity index (χ3v) is 5.93. The number of hydrogen-bond acceptors (Lipinski definition) is 5. The van der Waals surface area contributed by atoms with Crippen LogP contribution in [-0.2, 0) is 11.4 Å². The number of halogens is 2. The van der Waals surface area contributed by atoms with Crippen molar-refractivity contribution < 1.29 is 19.4 Å². The van der Waals surface area contributed by atoms with Crippen molar-refractivity contribution in [2.45, 2.75) is 31.0 Å². The van der Waals surface area contributed by atoms with E-state index in [0.29, 0.717) is 34.2 Å². The molecule has 0 radical (unpaired) electrons. The average Bonchev–Trinajstić information content (AvgIpc) is 3.22. The van der Waals surface area contributed by atoms with Crippen LogP contribution in [0.5, 0.6) is 5.75 Å². The predicted molar refractivity (Wildman–Crippen MR) is 112 cm³/mol. The first-order valence-corrected chi connectivity index (χ1v) is 10.1. The van der Waals surface area contributed by atoms with Gasteiger partial charge in [-0.2, -0.15) is 0 Å². The van der Waals surface area contributed by atoms with E-state index in [0.717, 1.165) is 5.57 Å². The van der Waals surface area contributed by atoms with E-state index in [9.17, 15) is 9.59 Å². The van der Waals surface area contributed by atoms with Crippen LogP contribution in [0.4, 0.5) is 0 Å². The van der Waals surface area contributed by atoms with Gasteiger partial charge in [-0.05, 0) is 42.2 Å². The Kier molecular flexibility index (Phi) is 5.69. The number of aliphatic hydroxyl groups excluding tert-OH is 1. The summed E-state index contributed by atoms with van der Waals surface area (Å²) < 4.78 is 5.47. The van der Waals surface area contributed by atoms with Crippen LogP contribution in [0.15, 0.2) is 48.2 Å². The SMILES string of the molecule is O=C(COc1ccc(Cl)c(Cl)c1)NC12C=C(C1)[C@H](NC(=O)c1ccc(CO)cn1)C2. The molecule has 0 spiro atoms. The molecule has 2 bridgehead atoms. The third kappa shape index (κ3) is 4.28. The Morgan fingerprint density at radius 2 is 2.03 bits per heavy atom. The van der Waals surface area contributed by atoms with Gasteiger partial charge in [0.25, 0.3) is 11.8 Å².